The SMILES string of the molecule is CCCOc1cc(F)ccc1C=NN=C(N)SCc1ccccc1. The topological polar surface area (TPSA) is 60.0 Å². The normalized spacial score (nSPS) is 11.8. The molecule has 0 heterocycles. The van der Waals surface area contributed by atoms with Gasteiger partial charge in [0, 0.05) is 17.4 Å². The summed E-state index contributed by atoms with van der Waals surface area (Å²) in [5.41, 5.74) is 7.66. The fourth-order valence-electron chi connectivity index (χ4n) is 1.86. The Balaban J connectivity index is 1.96. The summed E-state index contributed by atoms with van der Waals surface area (Å²) in [6, 6.07) is 14.3. The van der Waals surface area contributed by atoms with Crippen LogP contribution in [-0.2, 0) is 5.75 Å². The Morgan fingerprint density at radius 1 is 1.25 bits per heavy atom. The van der Waals surface area contributed by atoms with E-state index in [9.17, 15) is 4.39 Å². The fourth-order valence-corrected chi connectivity index (χ4v) is 2.47. The number of nitrogens with two attached hydrogens (primary N) is 1. The van der Waals surface area contributed by atoms with Crippen LogP contribution < -0.4 is 10.5 Å². The van der Waals surface area contributed by atoms with Gasteiger partial charge in [-0.3, -0.25) is 0 Å². The summed E-state index contributed by atoms with van der Waals surface area (Å²) in [5, 5.41) is 8.29. The van der Waals surface area contributed by atoms with Crippen LogP contribution in [0, 0.1) is 5.82 Å². The first kappa shape index (κ1) is 18.0. The lowest BCUT2D eigenvalue weighted by Gasteiger charge is -2.07. The molecule has 0 unspecified atom stereocenters. The molecule has 0 spiro atoms. The van der Waals surface area contributed by atoms with Gasteiger partial charge < -0.3 is 10.5 Å². The monoisotopic (exact) mass is 345 g/mol. The summed E-state index contributed by atoms with van der Waals surface area (Å²) >= 11 is 1.41. The average Bonchev–Trinajstić information content (AvgIpc) is 2.60. The van der Waals surface area contributed by atoms with E-state index in [-0.39, 0.29) is 5.82 Å². The van der Waals surface area contributed by atoms with Crippen molar-refractivity contribution in [2.75, 3.05) is 6.61 Å². The maximum atomic E-state index is 13.3. The second-order valence-electron chi connectivity index (χ2n) is 4.99. The van der Waals surface area contributed by atoms with Gasteiger partial charge in [-0.25, -0.2) is 4.39 Å². The number of ether oxygens (including phenoxy) is 1. The van der Waals surface area contributed by atoms with Crippen molar-refractivity contribution in [1.29, 1.82) is 0 Å². The van der Waals surface area contributed by atoms with E-state index in [2.05, 4.69) is 10.2 Å². The third kappa shape index (κ3) is 6.04. The highest BCUT2D eigenvalue weighted by molar-refractivity contribution is 8.13. The van der Waals surface area contributed by atoms with Crippen LogP contribution in [0.1, 0.15) is 24.5 Å². The summed E-state index contributed by atoms with van der Waals surface area (Å²) in [6.07, 6.45) is 2.36. The Kier molecular flexibility index (Phi) is 7.29. The highest BCUT2D eigenvalue weighted by Gasteiger charge is 2.03. The van der Waals surface area contributed by atoms with E-state index in [0.717, 1.165) is 12.2 Å². The molecule has 0 aromatic heterocycles. The summed E-state index contributed by atoms with van der Waals surface area (Å²) in [5.74, 6) is 0.832. The third-order valence-corrected chi connectivity index (χ3v) is 3.88. The van der Waals surface area contributed by atoms with Crippen LogP contribution in [0.5, 0.6) is 5.75 Å². The Morgan fingerprint density at radius 3 is 2.79 bits per heavy atom. The minimum atomic E-state index is -0.348. The Morgan fingerprint density at radius 2 is 2.04 bits per heavy atom. The zero-order chi connectivity index (χ0) is 17.2. The molecule has 0 saturated heterocycles. The molecule has 0 radical (unpaired) electrons. The van der Waals surface area contributed by atoms with Gasteiger partial charge in [-0.05, 0) is 24.1 Å². The summed E-state index contributed by atoms with van der Waals surface area (Å²) in [6.45, 7) is 2.50. The Hall–Kier alpha value is -2.34. The van der Waals surface area contributed by atoms with Gasteiger partial charge in [-0.15, -0.1) is 5.10 Å². The first-order valence-corrected chi connectivity index (χ1v) is 8.63. The lowest BCUT2D eigenvalue weighted by molar-refractivity contribution is 0.315. The van der Waals surface area contributed by atoms with Crippen LogP contribution in [-0.4, -0.2) is 18.0 Å². The first-order chi connectivity index (χ1) is 11.7. The van der Waals surface area contributed by atoms with Crippen molar-refractivity contribution in [3.63, 3.8) is 0 Å². The molecule has 0 aliphatic carbocycles. The zero-order valence-corrected chi connectivity index (χ0v) is 14.3. The number of hydrogen-bond donors (Lipinski definition) is 1. The lowest BCUT2D eigenvalue weighted by Crippen LogP contribution is -2.06. The molecule has 6 heteroatoms. The minimum Gasteiger partial charge on any atom is -0.493 e. The van der Waals surface area contributed by atoms with Crippen molar-refractivity contribution in [1.82, 2.24) is 0 Å². The van der Waals surface area contributed by atoms with Gasteiger partial charge in [-0.2, -0.15) is 5.10 Å². The van der Waals surface area contributed by atoms with Crippen LogP contribution >= 0.6 is 11.8 Å². The van der Waals surface area contributed by atoms with Crippen LogP contribution in [0.15, 0.2) is 58.7 Å². The van der Waals surface area contributed by atoms with Gasteiger partial charge in [0.2, 0.25) is 0 Å². The second kappa shape index (κ2) is 9.72. The molecule has 2 aromatic rings. The van der Waals surface area contributed by atoms with Crippen LogP contribution in [0.2, 0.25) is 0 Å². The van der Waals surface area contributed by atoms with Crippen molar-refractivity contribution in [3.05, 3.63) is 65.5 Å². The van der Waals surface area contributed by atoms with E-state index >= 15 is 0 Å². The Labute approximate surface area is 145 Å². The highest BCUT2D eigenvalue weighted by Crippen LogP contribution is 2.19. The molecule has 2 N–H and O–H groups in total. The minimum absolute atomic E-state index is 0.348. The van der Waals surface area contributed by atoms with Crippen LogP contribution in [0.4, 0.5) is 4.39 Å². The number of amidine groups is 1. The average molecular weight is 345 g/mol. The smallest absolute Gasteiger partial charge is 0.180 e. The third-order valence-electron chi connectivity index (χ3n) is 3.02. The molecule has 0 saturated carbocycles. The largest absolute Gasteiger partial charge is 0.493 e. The number of halogens is 1. The molecule has 0 aliphatic rings. The summed E-state index contributed by atoms with van der Waals surface area (Å²) in [7, 11) is 0. The van der Waals surface area contributed by atoms with Gasteiger partial charge in [-0.1, -0.05) is 49.0 Å². The number of hydrogen-bond acceptors (Lipinski definition) is 4. The maximum Gasteiger partial charge on any atom is 0.180 e. The van der Waals surface area contributed by atoms with Crippen molar-refractivity contribution < 1.29 is 9.13 Å². The fraction of sp³-hybridized carbons (Fsp3) is 0.222. The summed E-state index contributed by atoms with van der Waals surface area (Å²) in [4.78, 5) is 0. The predicted molar refractivity (Wildman–Crippen MR) is 99.1 cm³/mol. The first-order valence-electron chi connectivity index (χ1n) is 7.64. The second-order valence-corrected chi connectivity index (χ2v) is 5.98. The molecule has 4 nitrogen and oxygen atoms in total. The molecule has 0 aliphatic heterocycles. The van der Waals surface area contributed by atoms with Crippen molar-refractivity contribution in [2.45, 2.75) is 19.1 Å². The van der Waals surface area contributed by atoms with E-state index in [4.69, 9.17) is 10.5 Å². The number of benzene rings is 2. The van der Waals surface area contributed by atoms with E-state index in [1.54, 1.807) is 6.07 Å². The van der Waals surface area contributed by atoms with E-state index in [1.165, 1.54) is 35.7 Å². The van der Waals surface area contributed by atoms with Crippen molar-refractivity contribution >= 4 is 23.1 Å². The van der Waals surface area contributed by atoms with Crippen LogP contribution in [0.3, 0.4) is 0 Å². The predicted octanol–water partition coefficient (Wildman–Crippen LogP) is 4.20. The molecule has 0 amide bonds. The van der Waals surface area contributed by atoms with Gasteiger partial charge in [0.15, 0.2) is 5.17 Å². The molecular weight excluding hydrogens is 325 g/mol. The molecule has 126 valence electrons. The van der Waals surface area contributed by atoms with Crippen molar-refractivity contribution in [3.8, 4) is 5.75 Å². The van der Waals surface area contributed by atoms with E-state index < -0.39 is 0 Å². The van der Waals surface area contributed by atoms with E-state index in [0.29, 0.717) is 23.1 Å². The molecule has 0 atom stereocenters. The maximum absolute atomic E-state index is 13.3. The molecular formula is C18H20FN3OS. The molecule has 0 bridgehead atoms. The molecule has 0 fully saturated rings. The van der Waals surface area contributed by atoms with Crippen molar-refractivity contribution in [2.24, 2.45) is 15.9 Å². The highest BCUT2D eigenvalue weighted by atomic mass is 32.2. The number of rotatable bonds is 7. The summed E-state index contributed by atoms with van der Waals surface area (Å²) < 4.78 is 18.8. The molecule has 2 aromatic carbocycles. The number of thioether (sulfide) groups is 1. The van der Waals surface area contributed by atoms with Crippen LogP contribution in [0.25, 0.3) is 0 Å². The standard InChI is InChI=1S/C18H20FN3OS/c1-2-10-23-17-11-16(19)9-8-15(17)12-21-22-18(20)24-13-14-6-4-3-5-7-14/h3-9,11-12H,2,10,13H2,1H3,(H2,20,22). The quantitative estimate of drug-likeness (QED) is 0.465. The van der Waals surface area contributed by atoms with Gasteiger partial charge in [0.25, 0.3) is 0 Å². The number of nitrogens with zero attached hydrogens (tertiary/aromatic N) is 2. The molecule has 2 rings (SSSR count). The Bertz CT molecular complexity index is 705. The van der Waals surface area contributed by atoms with E-state index in [1.807, 2.05) is 37.3 Å². The lowest BCUT2D eigenvalue weighted by atomic mass is 10.2. The van der Waals surface area contributed by atoms with Gasteiger partial charge in [0.05, 0.1) is 12.8 Å². The zero-order valence-electron chi connectivity index (χ0n) is 13.5. The molecule has 24 heavy (non-hydrogen) atoms. The van der Waals surface area contributed by atoms with Gasteiger partial charge in [0.1, 0.15) is 11.6 Å². The van der Waals surface area contributed by atoms with Gasteiger partial charge >= 0.3 is 0 Å².